The molecular weight excluding hydrogens is 289 g/mol. The van der Waals surface area contributed by atoms with Crippen molar-refractivity contribution in [2.75, 3.05) is 0 Å². The zero-order valence-electron chi connectivity index (χ0n) is 9.52. The van der Waals surface area contributed by atoms with Crippen molar-refractivity contribution in [3.63, 3.8) is 0 Å². The largest absolute Gasteiger partial charge is 0.391 e. The minimum atomic E-state index is -0.823. The Hall–Kier alpha value is -0.960. The van der Waals surface area contributed by atoms with Crippen LogP contribution < -0.4 is 0 Å². The molecule has 0 saturated heterocycles. The minimum absolute atomic E-state index is 0.281. The molecule has 0 aliphatic rings. The van der Waals surface area contributed by atoms with E-state index in [0.29, 0.717) is 5.56 Å². The van der Waals surface area contributed by atoms with Crippen LogP contribution >= 0.6 is 15.9 Å². The molecule has 0 aromatic heterocycles. The zero-order chi connectivity index (χ0) is 13.0. The normalized spacial score (nSPS) is 16.0. The Morgan fingerprint density at radius 2 is 2.12 bits per heavy atom. The second-order valence-corrected chi connectivity index (χ2v) is 4.62. The molecule has 5 heteroatoms. The fourth-order valence-electron chi connectivity index (χ4n) is 1.19. The third-order valence-electron chi connectivity index (χ3n) is 2.39. The van der Waals surface area contributed by atoms with Crippen molar-refractivity contribution in [3.8, 4) is 6.07 Å². The number of aliphatic hydroxyl groups is 1. The molecule has 0 fully saturated rings. The van der Waals surface area contributed by atoms with Gasteiger partial charge < -0.3 is 9.84 Å². The lowest BCUT2D eigenvalue weighted by Crippen LogP contribution is -2.24. The van der Waals surface area contributed by atoms with Gasteiger partial charge in [-0.1, -0.05) is 6.07 Å². The number of hydrogen-bond donors (Lipinski definition) is 1. The van der Waals surface area contributed by atoms with E-state index in [1.807, 2.05) is 6.07 Å². The molecule has 17 heavy (non-hydrogen) atoms. The van der Waals surface area contributed by atoms with Crippen LogP contribution in [0.4, 0.5) is 4.39 Å². The maximum absolute atomic E-state index is 13.0. The summed E-state index contributed by atoms with van der Waals surface area (Å²) >= 11 is 3.05. The molecule has 3 unspecified atom stereocenters. The Morgan fingerprint density at radius 3 is 2.59 bits per heavy atom. The Kier molecular flexibility index (Phi) is 5.06. The first kappa shape index (κ1) is 14.1. The number of aliphatic hydroxyl groups excluding tert-OH is 1. The number of nitriles is 1. The molecule has 1 aromatic rings. The van der Waals surface area contributed by atoms with Crippen LogP contribution in [0.2, 0.25) is 0 Å². The highest BCUT2D eigenvalue weighted by molar-refractivity contribution is 9.10. The number of nitrogens with zero attached hydrogens (tertiary/aromatic N) is 1. The van der Waals surface area contributed by atoms with E-state index in [9.17, 15) is 9.50 Å². The summed E-state index contributed by atoms with van der Waals surface area (Å²) in [4.78, 5) is 0. The quantitative estimate of drug-likeness (QED) is 0.930. The Balaban J connectivity index is 2.87. The summed E-state index contributed by atoms with van der Waals surface area (Å²) in [7, 11) is 0. The summed E-state index contributed by atoms with van der Waals surface area (Å²) in [6.07, 6.45) is -1.96. The van der Waals surface area contributed by atoms with Crippen LogP contribution in [0.15, 0.2) is 22.7 Å². The average molecular weight is 302 g/mol. The van der Waals surface area contributed by atoms with Crippen molar-refractivity contribution in [2.45, 2.75) is 32.2 Å². The van der Waals surface area contributed by atoms with Crippen molar-refractivity contribution >= 4 is 15.9 Å². The second-order valence-electron chi connectivity index (χ2n) is 3.76. The highest BCUT2D eigenvalue weighted by Gasteiger charge is 2.18. The molecule has 0 saturated carbocycles. The first-order valence-electron chi connectivity index (χ1n) is 5.13. The first-order valence-corrected chi connectivity index (χ1v) is 5.93. The first-order chi connectivity index (χ1) is 7.95. The molecule has 92 valence electrons. The Morgan fingerprint density at radius 1 is 1.47 bits per heavy atom. The van der Waals surface area contributed by atoms with E-state index in [1.54, 1.807) is 13.8 Å². The highest BCUT2D eigenvalue weighted by Crippen LogP contribution is 2.24. The topological polar surface area (TPSA) is 53.2 Å². The highest BCUT2D eigenvalue weighted by atomic mass is 79.9. The number of ether oxygens (including phenoxy) is 1. The molecule has 0 bridgehead atoms. The van der Waals surface area contributed by atoms with Crippen LogP contribution in [-0.4, -0.2) is 17.3 Å². The number of hydrogen-bond acceptors (Lipinski definition) is 3. The molecule has 1 rings (SSSR count). The molecule has 0 aliphatic heterocycles. The Labute approximate surface area is 108 Å². The van der Waals surface area contributed by atoms with Crippen molar-refractivity contribution < 1.29 is 14.2 Å². The molecule has 0 radical (unpaired) electrons. The summed E-state index contributed by atoms with van der Waals surface area (Å²) in [6, 6.07) is 6.23. The van der Waals surface area contributed by atoms with E-state index < -0.39 is 24.1 Å². The van der Waals surface area contributed by atoms with Crippen LogP contribution in [0.25, 0.3) is 0 Å². The van der Waals surface area contributed by atoms with Gasteiger partial charge in [-0.05, 0) is 47.5 Å². The van der Waals surface area contributed by atoms with Crippen molar-refractivity contribution in [1.82, 2.24) is 0 Å². The standard InChI is InChI=1S/C12H13BrFNO2/c1-7(16)8(2)17-12(6-15)9-3-4-11(14)10(13)5-9/h3-5,7-8,12,16H,1-2H3. The van der Waals surface area contributed by atoms with Crippen molar-refractivity contribution in [2.24, 2.45) is 0 Å². The van der Waals surface area contributed by atoms with Gasteiger partial charge in [0, 0.05) is 0 Å². The lowest BCUT2D eigenvalue weighted by atomic mass is 10.1. The third kappa shape index (κ3) is 3.77. The molecular formula is C12H13BrFNO2. The predicted molar refractivity (Wildman–Crippen MR) is 64.7 cm³/mol. The van der Waals surface area contributed by atoms with Crippen LogP contribution in [0, 0.1) is 17.1 Å². The molecule has 0 aliphatic carbocycles. The van der Waals surface area contributed by atoms with E-state index in [-0.39, 0.29) is 4.47 Å². The average Bonchev–Trinajstić information content (AvgIpc) is 2.29. The molecule has 0 spiro atoms. The monoisotopic (exact) mass is 301 g/mol. The van der Waals surface area contributed by atoms with Crippen LogP contribution in [0.3, 0.4) is 0 Å². The summed E-state index contributed by atoms with van der Waals surface area (Å²) in [6.45, 7) is 3.26. The summed E-state index contributed by atoms with van der Waals surface area (Å²) in [5.74, 6) is -0.394. The number of halogens is 2. The SMILES string of the molecule is CC(O)C(C)OC(C#N)c1ccc(F)c(Br)c1. The van der Waals surface area contributed by atoms with E-state index in [0.717, 1.165) is 0 Å². The molecule has 1 aromatic carbocycles. The van der Waals surface area contributed by atoms with Gasteiger partial charge in [-0.15, -0.1) is 0 Å². The van der Waals surface area contributed by atoms with Crippen molar-refractivity contribution in [1.29, 1.82) is 5.26 Å². The van der Waals surface area contributed by atoms with Gasteiger partial charge >= 0.3 is 0 Å². The van der Waals surface area contributed by atoms with E-state index >= 15 is 0 Å². The van der Waals surface area contributed by atoms with Crippen LogP contribution in [0.5, 0.6) is 0 Å². The number of benzene rings is 1. The van der Waals surface area contributed by atoms with Crippen molar-refractivity contribution in [3.05, 3.63) is 34.1 Å². The number of rotatable bonds is 4. The summed E-state index contributed by atoms with van der Waals surface area (Å²) < 4.78 is 18.7. The minimum Gasteiger partial charge on any atom is -0.391 e. The molecule has 3 nitrogen and oxygen atoms in total. The maximum atomic E-state index is 13.0. The molecule has 3 atom stereocenters. The fourth-order valence-corrected chi connectivity index (χ4v) is 1.58. The van der Waals surface area contributed by atoms with Gasteiger partial charge in [-0.2, -0.15) is 5.26 Å². The fraction of sp³-hybridized carbons (Fsp3) is 0.417. The van der Waals surface area contributed by atoms with Gasteiger partial charge in [0.2, 0.25) is 0 Å². The van der Waals surface area contributed by atoms with Gasteiger partial charge in [0.05, 0.1) is 22.7 Å². The van der Waals surface area contributed by atoms with Gasteiger partial charge in [-0.3, -0.25) is 0 Å². The third-order valence-corrected chi connectivity index (χ3v) is 3.00. The second kappa shape index (κ2) is 6.10. The zero-order valence-corrected chi connectivity index (χ0v) is 11.1. The van der Waals surface area contributed by atoms with E-state index in [4.69, 9.17) is 10.00 Å². The summed E-state index contributed by atoms with van der Waals surface area (Å²) in [5, 5.41) is 18.3. The van der Waals surface area contributed by atoms with Gasteiger partial charge in [0.1, 0.15) is 5.82 Å². The molecule has 0 heterocycles. The van der Waals surface area contributed by atoms with Crippen LogP contribution in [0.1, 0.15) is 25.5 Å². The van der Waals surface area contributed by atoms with Gasteiger partial charge in [0.25, 0.3) is 0 Å². The predicted octanol–water partition coefficient (Wildman–Crippen LogP) is 2.94. The van der Waals surface area contributed by atoms with Crippen LogP contribution in [-0.2, 0) is 4.74 Å². The summed E-state index contributed by atoms with van der Waals surface area (Å²) in [5.41, 5.74) is 0.549. The smallest absolute Gasteiger partial charge is 0.169 e. The Bertz CT molecular complexity index is 431. The van der Waals surface area contributed by atoms with Gasteiger partial charge in [0.15, 0.2) is 6.10 Å². The van der Waals surface area contributed by atoms with E-state index in [2.05, 4.69) is 15.9 Å². The van der Waals surface area contributed by atoms with E-state index in [1.165, 1.54) is 18.2 Å². The van der Waals surface area contributed by atoms with Gasteiger partial charge in [-0.25, -0.2) is 4.39 Å². The maximum Gasteiger partial charge on any atom is 0.169 e. The lowest BCUT2D eigenvalue weighted by Gasteiger charge is -2.19. The lowest BCUT2D eigenvalue weighted by molar-refractivity contribution is -0.0426. The molecule has 0 amide bonds. The molecule has 1 N–H and O–H groups in total.